The smallest absolute Gasteiger partial charge is 0.150 e. The molecule has 0 amide bonds. The van der Waals surface area contributed by atoms with Crippen molar-refractivity contribution in [2.75, 3.05) is 0 Å². The van der Waals surface area contributed by atoms with Gasteiger partial charge < -0.3 is 4.98 Å². The molecule has 0 unspecified atom stereocenters. The summed E-state index contributed by atoms with van der Waals surface area (Å²) in [6, 6.07) is 8.12. The summed E-state index contributed by atoms with van der Waals surface area (Å²) in [5.41, 5.74) is 2.47. The highest BCUT2D eigenvalue weighted by Gasteiger charge is 2.33. The molecule has 26 heavy (non-hydrogen) atoms. The van der Waals surface area contributed by atoms with Crippen LogP contribution in [0.25, 0.3) is 22.2 Å². The zero-order valence-electron chi connectivity index (χ0n) is 14.3. The molecule has 0 atom stereocenters. The van der Waals surface area contributed by atoms with Gasteiger partial charge in [-0.25, -0.2) is 13.2 Å². The number of halogens is 3. The molecule has 2 nitrogen and oxygen atoms in total. The molecule has 1 aromatic heterocycles. The lowest BCUT2D eigenvalue weighted by atomic mass is 9.70. The van der Waals surface area contributed by atoms with E-state index >= 15 is 0 Å². The molecule has 0 spiro atoms. The Morgan fingerprint density at radius 2 is 1.77 bits per heavy atom. The van der Waals surface area contributed by atoms with Gasteiger partial charge in [0.15, 0.2) is 0 Å². The topological polar surface area (TPSA) is 32.9 Å². The molecule has 1 saturated carbocycles. The molecule has 0 aliphatic heterocycles. The molecule has 1 aliphatic carbocycles. The third-order valence-corrected chi connectivity index (χ3v) is 5.37. The van der Waals surface area contributed by atoms with Crippen LogP contribution in [0.3, 0.4) is 0 Å². The lowest BCUT2D eigenvalue weighted by Gasteiger charge is -2.33. The minimum absolute atomic E-state index is 0.0907. The fraction of sp³-hybridized carbons (Fsp3) is 0.286. The van der Waals surface area contributed by atoms with Crippen LogP contribution in [0.2, 0.25) is 0 Å². The maximum atomic E-state index is 14.2. The maximum Gasteiger partial charge on any atom is 0.150 e. The van der Waals surface area contributed by atoms with Gasteiger partial charge in [-0.05, 0) is 73.6 Å². The normalized spacial score (nSPS) is 19.5. The molecular weight excluding hydrogens is 339 g/mol. The fourth-order valence-corrected chi connectivity index (χ4v) is 3.87. The van der Waals surface area contributed by atoms with Gasteiger partial charge in [-0.1, -0.05) is 0 Å². The van der Waals surface area contributed by atoms with E-state index in [2.05, 4.69) is 4.98 Å². The third kappa shape index (κ3) is 2.91. The Morgan fingerprint density at radius 1 is 1.08 bits per heavy atom. The van der Waals surface area contributed by atoms with Crippen molar-refractivity contribution in [3.05, 3.63) is 59.4 Å². The average molecular weight is 357 g/mol. The fourth-order valence-electron chi connectivity index (χ4n) is 3.87. The van der Waals surface area contributed by atoms with E-state index in [1.165, 1.54) is 18.2 Å². The zero-order valence-corrected chi connectivity index (χ0v) is 14.3. The number of H-pyrrole nitrogens is 1. The van der Waals surface area contributed by atoms with Gasteiger partial charge in [-0.15, -0.1) is 0 Å². The molecular formula is C21H18F3NO. The summed E-state index contributed by atoms with van der Waals surface area (Å²) < 4.78 is 41.3. The Kier molecular flexibility index (Phi) is 4.10. The lowest BCUT2D eigenvalue weighted by Crippen LogP contribution is -2.30. The maximum absolute atomic E-state index is 14.2. The van der Waals surface area contributed by atoms with Gasteiger partial charge in [0.1, 0.15) is 23.2 Å². The second kappa shape index (κ2) is 6.31. The van der Waals surface area contributed by atoms with Crippen LogP contribution in [0.4, 0.5) is 13.2 Å². The van der Waals surface area contributed by atoms with E-state index in [0.717, 1.165) is 30.0 Å². The van der Waals surface area contributed by atoms with Crippen molar-refractivity contribution in [1.29, 1.82) is 0 Å². The first-order valence-electron chi connectivity index (χ1n) is 8.68. The van der Waals surface area contributed by atoms with Gasteiger partial charge in [0.05, 0.1) is 5.52 Å². The Bertz CT molecular complexity index is 985. The number of hydrogen-bond donors (Lipinski definition) is 1. The monoisotopic (exact) mass is 357 g/mol. The molecule has 4 rings (SSSR count). The quantitative estimate of drug-likeness (QED) is 0.665. The van der Waals surface area contributed by atoms with Crippen molar-refractivity contribution in [3.8, 4) is 11.3 Å². The first-order chi connectivity index (χ1) is 12.4. The summed E-state index contributed by atoms with van der Waals surface area (Å²) in [6.45, 7) is 1.60. The van der Waals surface area contributed by atoms with E-state index < -0.39 is 11.6 Å². The predicted molar refractivity (Wildman–Crippen MR) is 94.2 cm³/mol. The zero-order chi connectivity index (χ0) is 18.4. The lowest BCUT2D eigenvalue weighted by molar-refractivity contribution is -0.124. The van der Waals surface area contributed by atoms with E-state index in [1.807, 2.05) is 0 Å². The summed E-state index contributed by atoms with van der Waals surface area (Å²) in [7, 11) is 0. The molecule has 5 heteroatoms. The number of ketones is 1. The summed E-state index contributed by atoms with van der Waals surface area (Å²) in [4.78, 5) is 14.5. The average Bonchev–Trinajstić information content (AvgIpc) is 2.89. The molecule has 0 radical (unpaired) electrons. The van der Waals surface area contributed by atoms with Gasteiger partial charge in [-0.2, -0.15) is 0 Å². The van der Waals surface area contributed by atoms with Crippen molar-refractivity contribution in [2.24, 2.45) is 11.8 Å². The van der Waals surface area contributed by atoms with E-state index in [-0.39, 0.29) is 23.0 Å². The number of benzene rings is 2. The number of hydrogen-bond acceptors (Lipinski definition) is 1. The number of nitrogens with one attached hydrogen (secondary N) is 1. The second-order valence-corrected chi connectivity index (χ2v) is 7.14. The minimum Gasteiger partial charge on any atom is -0.352 e. The summed E-state index contributed by atoms with van der Waals surface area (Å²) in [5.74, 6) is -1.05. The van der Waals surface area contributed by atoms with Crippen molar-refractivity contribution < 1.29 is 18.0 Å². The number of carbonyl (C=O) groups is 1. The number of carbonyl (C=O) groups excluding carboxylic acids is 1. The largest absolute Gasteiger partial charge is 0.352 e. The Morgan fingerprint density at radius 3 is 2.42 bits per heavy atom. The van der Waals surface area contributed by atoms with Gasteiger partial charge in [0.2, 0.25) is 0 Å². The van der Waals surface area contributed by atoms with Crippen LogP contribution in [0.1, 0.15) is 25.3 Å². The molecule has 134 valence electrons. The van der Waals surface area contributed by atoms with Crippen LogP contribution in [-0.4, -0.2) is 10.8 Å². The number of aromatic amines is 1. The van der Waals surface area contributed by atoms with Crippen LogP contribution in [0.15, 0.2) is 36.4 Å². The van der Waals surface area contributed by atoms with Crippen LogP contribution >= 0.6 is 0 Å². The first kappa shape index (κ1) is 16.9. The SMILES string of the molecule is CC(=O)C1CC(Cc2c(-c3ccc(F)cc3)[nH]c3c(F)cc(F)cc23)C1. The Labute approximate surface area is 149 Å². The summed E-state index contributed by atoms with van der Waals surface area (Å²) >= 11 is 0. The second-order valence-electron chi connectivity index (χ2n) is 7.14. The number of Topliss-reactive ketones (excluding diaryl/α,β-unsaturated/α-hetero) is 1. The van der Waals surface area contributed by atoms with Crippen LogP contribution in [0.5, 0.6) is 0 Å². The van der Waals surface area contributed by atoms with Crippen molar-refractivity contribution in [3.63, 3.8) is 0 Å². The standard InChI is InChI=1S/C21H18F3NO/c1-11(26)14-6-12(7-14)8-17-18-9-16(23)10-19(24)21(18)25-20(17)13-2-4-15(22)5-3-13/h2-5,9-10,12,14,25H,6-8H2,1H3. The highest BCUT2D eigenvalue weighted by atomic mass is 19.1. The molecule has 2 aromatic carbocycles. The van der Waals surface area contributed by atoms with Gasteiger partial charge >= 0.3 is 0 Å². The van der Waals surface area contributed by atoms with E-state index in [9.17, 15) is 18.0 Å². The number of rotatable bonds is 4. The highest BCUT2D eigenvalue weighted by Crippen LogP contribution is 2.41. The molecule has 0 saturated heterocycles. The number of fused-ring (bicyclic) bond motifs is 1. The molecule has 3 aromatic rings. The Hall–Kier alpha value is -2.56. The first-order valence-corrected chi connectivity index (χ1v) is 8.68. The highest BCUT2D eigenvalue weighted by molar-refractivity contribution is 5.91. The molecule has 1 aliphatic rings. The van der Waals surface area contributed by atoms with Crippen molar-refractivity contribution in [1.82, 2.24) is 4.98 Å². The van der Waals surface area contributed by atoms with Crippen molar-refractivity contribution in [2.45, 2.75) is 26.2 Å². The number of aromatic nitrogens is 1. The van der Waals surface area contributed by atoms with Crippen LogP contribution < -0.4 is 0 Å². The van der Waals surface area contributed by atoms with Crippen LogP contribution in [0, 0.1) is 29.3 Å². The summed E-state index contributed by atoms with van der Waals surface area (Å²) in [5, 5.41) is 0.508. The summed E-state index contributed by atoms with van der Waals surface area (Å²) in [6.07, 6.45) is 2.21. The third-order valence-electron chi connectivity index (χ3n) is 5.37. The predicted octanol–water partition coefficient (Wildman–Crippen LogP) is 5.41. The van der Waals surface area contributed by atoms with Gasteiger partial charge in [0.25, 0.3) is 0 Å². The van der Waals surface area contributed by atoms with Gasteiger partial charge in [0, 0.05) is 23.1 Å². The minimum atomic E-state index is -0.648. The van der Waals surface area contributed by atoms with Crippen molar-refractivity contribution >= 4 is 16.7 Å². The van der Waals surface area contributed by atoms with E-state index in [4.69, 9.17) is 0 Å². The molecule has 1 heterocycles. The van der Waals surface area contributed by atoms with Gasteiger partial charge in [-0.3, -0.25) is 4.79 Å². The van der Waals surface area contributed by atoms with Crippen LogP contribution in [-0.2, 0) is 11.2 Å². The molecule has 1 N–H and O–H groups in total. The Balaban J connectivity index is 1.78. The molecule has 1 fully saturated rings. The van der Waals surface area contributed by atoms with E-state index in [0.29, 0.717) is 23.4 Å². The molecule has 0 bridgehead atoms. The van der Waals surface area contributed by atoms with E-state index in [1.54, 1.807) is 19.1 Å².